The molecule has 0 bridgehead atoms. The lowest BCUT2D eigenvalue weighted by Gasteiger charge is -2.05. The quantitative estimate of drug-likeness (QED) is 0.804. The average molecular weight is 200 g/mol. The van der Waals surface area contributed by atoms with E-state index in [0.29, 0.717) is 5.69 Å². The van der Waals surface area contributed by atoms with Gasteiger partial charge in [-0.3, -0.25) is 4.79 Å². The molecule has 0 radical (unpaired) electrons. The number of primary amides is 1. The summed E-state index contributed by atoms with van der Waals surface area (Å²) >= 11 is 0. The van der Waals surface area contributed by atoms with Crippen LogP contribution >= 0.6 is 0 Å². The van der Waals surface area contributed by atoms with E-state index in [0.717, 1.165) is 22.9 Å². The van der Waals surface area contributed by atoms with Crippen LogP contribution in [0.15, 0.2) is 30.3 Å². The lowest BCUT2D eigenvalue weighted by atomic mass is 10.1. The normalized spacial score (nSPS) is 10.5. The molecule has 0 aliphatic rings. The second-order valence-corrected chi connectivity index (χ2v) is 3.40. The minimum atomic E-state index is -0.476. The van der Waals surface area contributed by atoms with Crippen LogP contribution in [0.2, 0.25) is 0 Å². The highest BCUT2D eigenvalue weighted by molar-refractivity contribution is 5.94. The fourth-order valence-electron chi connectivity index (χ4n) is 1.67. The van der Waals surface area contributed by atoms with Gasteiger partial charge in [0.2, 0.25) is 0 Å². The number of carbonyl (C=O) groups is 1. The number of hydrogen-bond acceptors (Lipinski definition) is 2. The van der Waals surface area contributed by atoms with Crippen LogP contribution in [0.4, 0.5) is 0 Å². The van der Waals surface area contributed by atoms with Crippen molar-refractivity contribution in [1.82, 2.24) is 4.98 Å². The topological polar surface area (TPSA) is 56.0 Å². The van der Waals surface area contributed by atoms with Crippen LogP contribution in [0.3, 0.4) is 0 Å². The molecule has 1 heterocycles. The van der Waals surface area contributed by atoms with Gasteiger partial charge in [-0.05, 0) is 24.1 Å². The zero-order valence-electron chi connectivity index (χ0n) is 8.53. The van der Waals surface area contributed by atoms with Crippen molar-refractivity contribution < 1.29 is 4.79 Å². The highest BCUT2D eigenvalue weighted by Gasteiger charge is 2.07. The molecule has 0 aliphatic heterocycles. The van der Waals surface area contributed by atoms with E-state index in [2.05, 4.69) is 4.98 Å². The number of hydrogen-bond donors (Lipinski definition) is 1. The maximum atomic E-state index is 11.1. The smallest absolute Gasteiger partial charge is 0.267 e. The van der Waals surface area contributed by atoms with Crippen LogP contribution in [0, 0.1) is 0 Å². The number of rotatable bonds is 2. The summed E-state index contributed by atoms with van der Waals surface area (Å²) in [7, 11) is 0. The van der Waals surface area contributed by atoms with E-state index in [1.807, 2.05) is 31.2 Å². The predicted molar refractivity (Wildman–Crippen MR) is 59.6 cm³/mol. The second kappa shape index (κ2) is 3.69. The first kappa shape index (κ1) is 9.65. The van der Waals surface area contributed by atoms with E-state index in [-0.39, 0.29) is 0 Å². The molecular formula is C12H12N2O. The fourth-order valence-corrected chi connectivity index (χ4v) is 1.67. The van der Waals surface area contributed by atoms with Crippen molar-refractivity contribution in [2.75, 3.05) is 0 Å². The van der Waals surface area contributed by atoms with Crippen LogP contribution in [-0.2, 0) is 6.42 Å². The van der Waals surface area contributed by atoms with Gasteiger partial charge in [0, 0.05) is 5.39 Å². The van der Waals surface area contributed by atoms with Crippen LogP contribution in [0.25, 0.3) is 10.9 Å². The third-order valence-corrected chi connectivity index (χ3v) is 2.44. The molecule has 1 aromatic heterocycles. The van der Waals surface area contributed by atoms with Crippen LogP contribution < -0.4 is 5.73 Å². The third-order valence-electron chi connectivity index (χ3n) is 2.44. The lowest BCUT2D eigenvalue weighted by molar-refractivity contribution is 0.0996. The van der Waals surface area contributed by atoms with Crippen LogP contribution in [-0.4, -0.2) is 10.9 Å². The number of para-hydroxylation sites is 1. The first-order valence-corrected chi connectivity index (χ1v) is 4.91. The number of pyridine rings is 1. The number of nitrogens with zero attached hydrogens (tertiary/aromatic N) is 1. The zero-order valence-corrected chi connectivity index (χ0v) is 8.53. The van der Waals surface area contributed by atoms with Gasteiger partial charge in [0.15, 0.2) is 0 Å². The standard InChI is InChI=1S/C12H12N2O/c1-2-8-7-11(12(13)15)14-10-6-4-3-5-9(8)10/h3-7H,2H2,1H3,(H2,13,15). The number of benzene rings is 1. The summed E-state index contributed by atoms with van der Waals surface area (Å²) in [6.07, 6.45) is 0.864. The van der Waals surface area contributed by atoms with E-state index in [1.54, 1.807) is 6.07 Å². The highest BCUT2D eigenvalue weighted by Crippen LogP contribution is 2.18. The van der Waals surface area contributed by atoms with Gasteiger partial charge in [0.1, 0.15) is 5.69 Å². The summed E-state index contributed by atoms with van der Waals surface area (Å²) < 4.78 is 0. The van der Waals surface area contributed by atoms with Gasteiger partial charge in [-0.15, -0.1) is 0 Å². The first-order chi connectivity index (χ1) is 7.22. The van der Waals surface area contributed by atoms with E-state index in [4.69, 9.17) is 5.73 Å². The van der Waals surface area contributed by atoms with Crippen LogP contribution in [0.5, 0.6) is 0 Å². The van der Waals surface area contributed by atoms with E-state index < -0.39 is 5.91 Å². The molecule has 3 heteroatoms. The molecule has 0 saturated heterocycles. The van der Waals surface area contributed by atoms with Gasteiger partial charge in [0.05, 0.1) is 5.52 Å². The summed E-state index contributed by atoms with van der Waals surface area (Å²) in [5.41, 5.74) is 7.50. The number of aryl methyl sites for hydroxylation is 1. The Morgan fingerprint density at radius 3 is 2.80 bits per heavy atom. The molecule has 0 saturated carbocycles. The fraction of sp³-hybridized carbons (Fsp3) is 0.167. The minimum Gasteiger partial charge on any atom is -0.364 e. The Labute approximate surface area is 87.9 Å². The maximum absolute atomic E-state index is 11.1. The lowest BCUT2D eigenvalue weighted by Crippen LogP contribution is -2.13. The summed E-state index contributed by atoms with van der Waals surface area (Å²) in [4.78, 5) is 15.3. The van der Waals surface area contributed by atoms with Gasteiger partial charge in [-0.25, -0.2) is 4.98 Å². The Kier molecular flexibility index (Phi) is 2.37. The van der Waals surface area contributed by atoms with Crippen molar-refractivity contribution in [3.8, 4) is 0 Å². The molecule has 2 N–H and O–H groups in total. The Hall–Kier alpha value is -1.90. The molecule has 0 fully saturated rings. The van der Waals surface area contributed by atoms with Gasteiger partial charge in [-0.1, -0.05) is 25.1 Å². The molecule has 0 spiro atoms. The van der Waals surface area contributed by atoms with E-state index >= 15 is 0 Å². The Morgan fingerprint density at radius 2 is 2.13 bits per heavy atom. The van der Waals surface area contributed by atoms with E-state index in [9.17, 15) is 4.79 Å². The molecule has 2 rings (SSSR count). The van der Waals surface area contributed by atoms with Gasteiger partial charge in [0.25, 0.3) is 5.91 Å². The molecule has 2 aromatic rings. The second-order valence-electron chi connectivity index (χ2n) is 3.40. The van der Waals surface area contributed by atoms with Crippen molar-refractivity contribution in [1.29, 1.82) is 0 Å². The minimum absolute atomic E-state index is 0.338. The summed E-state index contributed by atoms with van der Waals surface area (Å²) in [5.74, 6) is -0.476. The van der Waals surface area contributed by atoms with Crippen LogP contribution in [0.1, 0.15) is 23.0 Å². The molecule has 76 valence electrons. The monoisotopic (exact) mass is 200 g/mol. The molecule has 0 unspecified atom stereocenters. The van der Waals surface area contributed by atoms with Crippen molar-refractivity contribution in [3.63, 3.8) is 0 Å². The summed E-state index contributed by atoms with van der Waals surface area (Å²) in [5, 5.41) is 1.09. The van der Waals surface area contributed by atoms with Crippen molar-refractivity contribution in [2.45, 2.75) is 13.3 Å². The Balaban J connectivity index is 2.77. The molecule has 0 aliphatic carbocycles. The molecular weight excluding hydrogens is 188 g/mol. The first-order valence-electron chi connectivity index (χ1n) is 4.91. The largest absolute Gasteiger partial charge is 0.364 e. The Bertz CT molecular complexity index is 520. The molecule has 15 heavy (non-hydrogen) atoms. The molecule has 1 aromatic carbocycles. The maximum Gasteiger partial charge on any atom is 0.267 e. The van der Waals surface area contributed by atoms with Crippen molar-refractivity contribution in [2.24, 2.45) is 5.73 Å². The molecule has 3 nitrogen and oxygen atoms in total. The number of aromatic nitrogens is 1. The SMILES string of the molecule is CCc1cc(C(N)=O)nc2ccccc12. The number of nitrogens with two attached hydrogens (primary N) is 1. The van der Waals surface area contributed by atoms with Gasteiger partial charge < -0.3 is 5.73 Å². The van der Waals surface area contributed by atoms with Gasteiger partial charge >= 0.3 is 0 Å². The predicted octanol–water partition coefficient (Wildman–Crippen LogP) is 1.90. The molecule has 0 atom stereocenters. The van der Waals surface area contributed by atoms with Crippen molar-refractivity contribution >= 4 is 16.8 Å². The van der Waals surface area contributed by atoms with E-state index in [1.165, 1.54) is 0 Å². The third kappa shape index (κ3) is 1.68. The summed E-state index contributed by atoms with van der Waals surface area (Å²) in [6.45, 7) is 2.05. The van der Waals surface area contributed by atoms with Gasteiger partial charge in [-0.2, -0.15) is 0 Å². The Morgan fingerprint density at radius 1 is 1.40 bits per heavy atom. The average Bonchev–Trinajstić information content (AvgIpc) is 2.27. The number of fused-ring (bicyclic) bond motifs is 1. The van der Waals surface area contributed by atoms with Crippen molar-refractivity contribution in [3.05, 3.63) is 41.6 Å². The number of amides is 1. The summed E-state index contributed by atoms with van der Waals surface area (Å²) in [6, 6.07) is 9.53. The highest BCUT2D eigenvalue weighted by atomic mass is 16.1. The molecule has 1 amide bonds. The zero-order chi connectivity index (χ0) is 10.8. The number of carbonyl (C=O) groups excluding carboxylic acids is 1.